The Balaban J connectivity index is 1.82. The summed E-state index contributed by atoms with van der Waals surface area (Å²) in [6.45, 7) is 1.51. The summed E-state index contributed by atoms with van der Waals surface area (Å²) in [6.07, 6.45) is 1.34. The molecule has 0 spiro atoms. The van der Waals surface area contributed by atoms with Crippen molar-refractivity contribution in [2.45, 2.75) is 51.1 Å². The van der Waals surface area contributed by atoms with E-state index in [-0.39, 0.29) is 11.7 Å². The molecule has 2 aromatic rings. The molecule has 0 aromatic heterocycles. The zero-order valence-corrected chi connectivity index (χ0v) is 14.0. The van der Waals surface area contributed by atoms with Gasteiger partial charge in [0.1, 0.15) is 17.4 Å². The minimum absolute atomic E-state index is 0.220. The third-order valence-electron chi connectivity index (χ3n) is 4.77. The van der Waals surface area contributed by atoms with Gasteiger partial charge in [-0.25, -0.2) is 8.78 Å². The molecule has 0 saturated heterocycles. The fourth-order valence-corrected chi connectivity index (χ4v) is 3.30. The summed E-state index contributed by atoms with van der Waals surface area (Å²) in [4.78, 5) is 0. The second-order valence-electron chi connectivity index (χ2n) is 6.60. The van der Waals surface area contributed by atoms with Crippen LogP contribution in [0.4, 0.5) is 17.6 Å². The molecule has 1 aliphatic carbocycles. The van der Waals surface area contributed by atoms with Gasteiger partial charge < -0.3 is 4.74 Å². The Kier molecular flexibility index (Phi) is 5.02. The Bertz CT molecular complexity index is 751. The predicted molar refractivity (Wildman–Crippen MR) is 87.9 cm³/mol. The number of benzene rings is 2. The van der Waals surface area contributed by atoms with Gasteiger partial charge in [-0.05, 0) is 55.0 Å². The van der Waals surface area contributed by atoms with E-state index in [1.54, 1.807) is 6.07 Å². The fourth-order valence-electron chi connectivity index (χ4n) is 3.30. The molecule has 0 radical (unpaired) electrons. The maximum atomic E-state index is 14.3. The van der Waals surface area contributed by atoms with Crippen molar-refractivity contribution in [3.63, 3.8) is 0 Å². The van der Waals surface area contributed by atoms with E-state index >= 15 is 0 Å². The van der Waals surface area contributed by atoms with Gasteiger partial charge in [-0.2, -0.15) is 8.78 Å². The number of alkyl halides is 2. The molecule has 0 unspecified atom stereocenters. The minimum Gasteiger partial charge on any atom is -0.429 e. The molecule has 0 aliphatic heterocycles. The van der Waals surface area contributed by atoms with Gasteiger partial charge in [0.05, 0.1) is 5.56 Å². The lowest BCUT2D eigenvalue weighted by molar-refractivity contribution is -0.187. The van der Waals surface area contributed by atoms with Crippen molar-refractivity contribution in [3.05, 3.63) is 64.7 Å². The van der Waals surface area contributed by atoms with Crippen molar-refractivity contribution < 1.29 is 22.3 Å². The Labute approximate surface area is 144 Å². The van der Waals surface area contributed by atoms with Crippen LogP contribution in [0.5, 0.6) is 5.75 Å². The molecule has 5 heteroatoms. The summed E-state index contributed by atoms with van der Waals surface area (Å²) in [6, 6.07) is 7.24. The number of ether oxygens (including phenoxy) is 1. The van der Waals surface area contributed by atoms with Crippen molar-refractivity contribution in [2.24, 2.45) is 0 Å². The molecule has 0 heterocycles. The van der Waals surface area contributed by atoms with Crippen molar-refractivity contribution in [3.8, 4) is 5.75 Å². The quantitative estimate of drug-likeness (QED) is 0.575. The molecule has 0 amide bonds. The summed E-state index contributed by atoms with van der Waals surface area (Å²) in [5, 5.41) is 0. The summed E-state index contributed by atoms with van der Waals surface area (Å²) < 4.78 is 61.0. The maximum Gasteiger partial charge on any atom is 0.429 e. The van der Waals surface area contributed by atoms with Gasteiger partial charge in [0.15, 0.2) is 0 Å². The number of aryl methyl sites for hydroxylation is 1. The molecular weight excluding hydrogens is 332 g/mol. The van der Waals surface area contributed by atoms with E-state index in [1.807, 2.05) is 0 Å². The van der Waals surface area contributed by atoms with E-state index < -0.39 is 23.3 Å². The first-order valence-corrected chi connectivity index (χ1v) is 8.50. The largest absolute Gasteiger partial charge is 0.429 e. The van der Waals surface area contributed by atoms with E-state index in [1.165, 1.54) is 25.1 Å². The van der Waals surface area contributed by atoms with Gasteiger partial charge in [0.25, 0.3) is 0 Å². The standard InChI is InChI=1S/C20H20F4O/c1-13-7-9-16(12-18(13)21)25-20(23,24)17-10-8-15(11-19(17)22)14-5-3-2-4-6-14/h7-12,14H,2-6H2,1H3. The molecule has 0 N–H and O–H groups in total. The van der Waals surface area contributed by atoms with E-state index in [0.29, 0.717) is 5.56 Å². The zero-order valence-electron chi connectivity index (χ0n) is 14.0. The van der Waals surface area contributed by atoms with Crippen LogP contribution in [0.1, 0.15) is 54.7 Å². The monoisotopic (exact) mass is 352 g/mol. The van der Waals surface area contributed by atoms with Crippen molar-refractivity contribution in [2.75, 3.05) is 0 Å². The average molecular weight is 352 g/mol. The molecule has 25 heavy (non-hydrogen) atoms. The molecule has 1 nitrogen and oxygen atoms in total. The molecule has 2 aromatic carbocycles. The highest BCUT2D eigenvalue weighted by molar-refractivity contribution is 5.32. The fraction of sp³-hybridized carbons (Fsp3) is 0.400. The molecule has 0 atom stereocenters. The van der Waals surface area contributed by atoms with Gasteiger partial charge in [-0.15, -0.1) is 0 Å². The lowest BCUT2D eigenvalue weighted by Crippen LogP contribution is -2.23. The third-order valence-corrected chi connectivity index (χ3v) is 4.77. The second kappa shape index (κ2) is 7.06. The third kappa shape index (κ3) is 3.97. The summed E-state index contributed by atoms with van der Waals surface area (Å²) in [5.41, 5.74) is 0.227. The van der Waals surface area contributed by atoms with Crippen LogP contribution in [-0.2, 0) is 6.11 Å². The van der Waals surface area contributed by atoms with Crippen LogP contribution in [0.15, 0.2) is 36.4 Å². The Morgan fingerprint density at radius 3 is 2.28 bits per heavy atom. The van der Waals surface area contributed by atoms with Gasteiger partial charge in [-0.3, -0.25) is 0 Å². The summed E-state index contributed by atoms with van der Waals surface area (Å²) >= 11 is 0. The zero-order chi connectivity index (χ0) is 18.0. The summed E-state index contributed by atoms with van der Waals surface area (Å²) in [5.74, 6) is -1.77. The topological polar surface area (TPSA) is 9.23 Å². The van der Waals surface area contributed by atoms with Crippen molar-refractivity contribution in [1.29, 1.82) is 0 Å². The second-order valence-corrected chi connectivity index (χ2v) is 6.60. The predicted octanol–water partition coefficient (Wildman–Crippen LogP) is 6.45. The average Bonchev–Trinajstić information content (AvgIpc) is 2.58. The molecule has 3 rings (SSSR count). The highest BCUT2D eigenvalue weighted by Crippen LogP contribution is 2.37. The maximum absolute atomic E-state index is 14.3. The normalized spacial score (nSPS) is 16.0. The van der Waals surface area contributed by atoms with E-state index in [2.05, 4.69) is 4.74 Å². The summed E-state index contributed by atoms with van der Waals surface area (Å²) in [7, 11) is 0. The van der Waals surface area contributed by atoms with Gasteiger partial charge in [0.2, 0.25) is 0 Å². The number of hydrogen-bond acceptors (Lipinski definition) is 1. The molecule has 1 fully saturated rings. The SMILES string of the molecule is Cc1ccc(OC(F)(F)c2ccc(C3CCCCC3)cc2F)cc1F. The van der Waals surface area contributed by atoms with Crippen molar-refractivity contribution in [1.82, 2.24) is 0 Å². The first-order valence-electron chi connectivity index (χ1n) is 8.50. The highest BCUT2D eigenvalue weighted by Gasteiger charge is 2.38. The number of halogens is 4. The molecular formula is C20H20F4O. The molecule has 134 valence electrons. The minimum atomic E-state index is -3.88. The first kappa shape index (κ1) is 17.8. The van der Waals surface area contributed by atoms with Crippen LogP contribution in [-0.4, -0.2) is 0 Å². The van der Waals surface area contributed by atoms with Crippen LogP contribution in [0.25, 0.3) is 0 Å². The molecule has 1 aliphatic rings. The number of hydrogen-bond donors (Lipinski definition) is 0. The van der Waals surface area contributed by atoms with Crippen LogP contribution in [0, 0.1) is 18.6 Å². The number of rotatable bonds is 4. The van der Waals surface area contributed by atoms with E-state index in [0.717, 1.165) is 49.8 Å². The van der Waals surface area contributed by atoms with Gasteiger partial charge >= 0.3 is 6.11 Å². The smallest absolute Gasteiger partial charge is 0.429 e. The van der Waals surface area contributed by atoms with Gasteiger partial charge in [-0.1, -0.05) is 31.4 Å². The Hall–Kier alpha value is -2.04. The van der Waals surface area contributed by atoms with Crippen LogP contribution in [0.2, 0.25) is 0 Å². The Morgan fingerprint density at radius 1 is 0.920 bits per heavy atom. The van der Waals surface area contributed by atoms with E-state index in [4.69, 9.17) is 0 Å². The van der Waals surface area contributed by atoms with Crippen LogP contribution in [0.3, 0.4) is 0 Å². The lowest BCUT2D eigenvalue weighted by atomic mass is 9.84. The molecule has 0 bridgehead atoms. The first-order chi connectivity index (χ1) is 11.9. The molecule has 1 saturated carbocycles. The highest BCUT2D eigenvalue weighted by atomic mass is 19.3. The van der Waals surface area contributed by atoms with Crippen molar-refractivity contribution >= 4 is 0 Å². The Morgan fingerprint density at radius 2 is 1.64 bits per heavy atom. The lowest BCUT2D eigenvalue weighted by Gasteiger charge is -2.23. The van der Waals surface area contributed by atoms with Crippen LogP contribution < -0.4 is 4.74 Å². The van der Waals surface area contributed by atoms with Crippen LogP contribution >= 0.6 is 0 Å². The van der Waals surface area contributed by atoms with Gasteiger partial charge in [0, 0.05) is 6.07 Å². The van der Waals surface area contributed by atoms with E-state index in [9.17, 15) is 17.6 Å².